The molecule has 0 saturated heterocycles. The van der Waals surface area contributed by atoms with E-state index in [0.29, 0.717) is 0 Å². The number of benzene rings is 1. The summed E-state index contributed by atoms with van der Waals surface area (Å²) < 4.78 is 0. The molecule has 0 spiro atoms. The zero-order valence-corrected chi connectivity index (χ0v) is 7.97. The maximum Gasteiger partial charge on any atom is 0.285 e. The van der Waals surface area contributed by atoms with Crippen LogP contribution in [0.1, 0.15) is 0 Å². The number of nitrogens with zero attached hydrogens (tertiary/aromatic N) is 1. The van der Waals surface area contributed by atoms with Gasteiger partial charge in [-0.1, -0.05) is 30.0 Å². The van der Waals surface area contributed by atoms with Gasteiger partial charge in [0.1, 0.15) is 0 Å². The largest absolute Gasteiger partial charge is 0.306 e. The van der Waals surface area contributed by atoms with Crippen molar-refractivity contribution in [3.63, 3.8) is 0 Å². The van der Waals surface area contributed by atoms with Gasteiger partial charge in [-0.2, -0.15) is 0 Å². The van der Waals surface area contributed by atoms with Gasteiger partial charge in [-0.25, -0.2) is 0 Å². The van der Waals surface area contributed by atoms with E-state index in [1.165, 1.54) is 11.8 Å². The van der Waals surface area contributed by atoms with Crippen molar-refractivity contribution < 1.29 is 4.79 Å². The van der Waals surface area contributed by atoms with Crippen molar-refractivity contribution in [1.82, 2.24) is 0 Å². The first-order valence-corrected chi connectivity index (χ1v) is 4.85. The SMILES string of the molecule is CSC(=O)N(C)c1ccccc1. The molecule has 0 aliphatic heterocycles. The van der Waals surface area contributed by atoms with Gasteiger partial charge < -0.3 is 4.90 Å². The fourth-order valence-corrected chi connectivity index (χ4v) is 1.27. The molecular weight excluding hydrogens is 170 g/mol. The van der Waals surface area contributed by atoms with Crippen molar-refractivity contribution in [2.45, 2.75) is 0 Å². The van der Waals surface area contributed by atoms with Gasteiger partial charge >= 0.3 is 0 Å². The predicted octanol–water partition coefficient (Wildman–Crippen LogP) is 2.61. The van der Waals surface area contributed by atoms with Crippen molar-refractivity contribution in [2.75, 3.05) is 18.2 Å². The third-order valence-electron chi connectivity index (χ3n) is 1.59. The maximum atomic E-state index is 11.2. The van der Waals surface area contributed by atoms with Gasteiger partial charge in [-0.3, -0.25) is 4.79 Å². The first-order chi connectivity index (χ1) is 5.75. The van der Waals surface area contributed by atoms with Crippen LogP contribution in [0.2, 0.25) is 0 Å². The Morgan fingerprint density at radius 1 is 1.33 bits per heavy atom. The molecule has 0 aromatic heterocycles. The standard InChI is InChI=1S/C9H11NOS/c1-10(9(11)12-2)8-6-4-3-5-7-8/h3-7H,1-2H3. The molecule has 64 valence electrons. The molecule has 0 radical (unpaired) electrons. The van der Waals surface area contributed by atoms with Crippen molar-refractivity contribution in [2.24, 2.45) is 0 Å². The number of para-hydroxylation sites is 1. The topological polar surface area (TPSA) is 20.3 Å². The number of anilines is 1. The van der Waals surface area contributed by atoms with E-state index in [1.807, 2.05) is 30.3 Å². The van der Waals surface area contributed by atoms with E-state index < -0.39 is 0 Å². The molecule has 2 nitrogen and oxygen atoms in total. The third kappa shape index (κ3) is 2.01. The summed E-state index contributed by atoms with van der Waals surface area (Å²) in [4.78, 5) is 12.8. The van der Waals surface area contributed by atoms with Crippen LogP contribution in [-0.4, -0.2) is 18.5 Å². The molecule has 0 aliphatic carbocycles. The quantitative estimate of drug-likeness (QED) is 0.663. The average molecular weight is 181 g/mol. The molecule has 0 aliphatic rings. The molecule has 12 heavy (non-hydrogen) atoms. The van der Waals surface area contributed by atoms with Gasteiger partial charge in [0.25, 0.3) is 5.24 Å². The normalized spacial score (nSPS) is 9.50. The van der Waals surface area contributed by atoms with Crippen LogP contribution < -0.4 is 4.90 Å². The molecule has 0 N–H and O–H groups in total. The smallest absolute Gasteiger partial charge is 0.285 e. The van der Waals surface area contributed by atoms with Crippen LogP contribution in [0.4, 0.5) is 10.5 Å². The summed E-state index contributed by atoms with van der Waals surface area (Å²) in [7, 11) is 1.77. The van der Waals surface area contributed by atoms with Crippen LogP contribution in [0.5, 0.6) is 0 Å². The van der Waals surface area contributed by atoms with Gasteiger partial charge in [0, 0.05) is 12.7 Å². The van der Waals surface area contributed by atoms with E-state index in [0.717, 1.165) is 5.69 Å². The van der Waals surface area contributed by atoms with Crippen LogP contribution in [0.25, 0.3) is 0 Å². The average Bonchev–Trinajstić information content (AvgIpc) is 2.17. The fraction of sp³-hybridized carbons (Fsp3) is 0.222. The van der Waals surface area contributed by atoms with Crippen LogP contribution >= 0.6 is 11.8 Å². The van der Waals surface area contributed by atoms with Gasteiger partial charge in [-0.05, 0) is 18.4 Å². The molecule has 0 fully saturated rings. The second-order valence-corrected chi connectivity index (χ2v) is 3.12. The van der Waals surface area contributed by atoms with Gasteiger partial charge in [0.05, 0.1) is 0 Å². The van der Waals surface area contributed by atoms with E-state index >= 15 is 0 Å². The molecule has 1 amide bonds. The fourth-order valence-electron chi connectivity index (χ4n) is 0.894. The summed E-state index contributed by atoms with van der Waals surface area (Å²) in [6, 6.07) is 9.59. The van der Waals surface area contributed by atoms with Crippen molar-refractivity contribution in [3.05, 3.63) is 30.3 Å². The summed E-state index contributed by atoms with van der Waals surface area (Å²) >= 11 is 1.21. The monoisotopic (exact) mass is 181 g/mol. The Kier molecular flexibility index (Phi) is 3.17. The molecule has 0 saturated carbocycles. The minimum atomic E-state index is 0.0567. The predicted molar refractivity (Wildman–Crippen MR) is 53.8 cm³/mol. The lowest BCUT2D eigenvalue weighted by Crippen LogP contribution is -2.20. The Balaban J connectivity index is 2.78. The minimum Gasteiger partial charge on any atom is -0.306 e. The first-order valence-electron chi connectivity index (χ1n) is 3.62. The second kappa shape index (κ2) is 4.16. The van der Waals surface area contributed by atoms with Crippen LogP contribution in [0.15, 0.2) is 30.3 Å². The molecule has 1 aromatic carbocycles. The molecular formula is C9H11NOS. The molecule has 0 unspecified atom stereocenters. The lowest BCUT2D eigenvalue weighted by molar-refractivity contribution is 0.266. The van der Waals surface area contributed by atoms with E-state index in [4.69, 9.17) is 0 Å². The highest BCUT2D eigenvalue weighted by atomic mass is 32.2. The maximum absolute atomic E-state index is 11.2. The number of thioether (sulfide) groups is 1. The Morgan fingerprint density at radius 2 is 1.92 bits per heavy atom. The Bertz CT molecular complexity index is 260. The van der Waals surface area contributed by atoms with Crippen molar-refractivity contribution in [1.29, 1.82) is 0 Å². The first kappa shape index (κ1) is 9.13. The molecule has 0 atom stereocenters. The van der Waals surface area contributed by atoms with Crippen LogP contribution in [0.3, 0.4) is 0 Å². The molecule has 1 aromatic rings. The van der Waals surface area contributed by atoms with E-state index in [9.17, 15) is 4.79 Å². The van der Waals surface area contributed by atoms with Crippen molar-refractivity contribution >= 4 is 22.7 Å². The number of amides is 1. The number of hydrogen-bond acceptors (Lipinski definition) is 2. The van der Waals surface area contributed by atoms with Crippen LogP contribution in [-0.2, 0) is 0 Å². The highest BCUT2D eigenvalue weighted by molar-refractivity contribution is 8.13. The number of hydrogen-bond donors (Lipinski definition) is 0. The Labute approximate surface area is 76.6 Å². The Hall–Kier alpha value is -0.960. The van der Waals surface area contributed by atoms with Gasteiger partial charge in [0.15, 0.2) is 0 Å². The summed E-state index contributed by atoms with van der Waals surface area (Å²) in [5.74, 6) is 0. The highest BCUT2D eigenvalue weighted by Gasteiger charge is 2.07. The second-order valence-electron chi connectivity index (χ2n) is 2.36. The van der Waals surface area contributed by atoms with Gasteiger partial charge in [0.2, 0.25) is 0 Å². The lowest BCUT2D eigenvalue weighted by atomic mass is 10.3. The molecule has 0 heterocycles. The summed E-state index contributed by atoms with van der Waals surface area (Å²) in [6.07, 6.45) is 1.78. The Morgan fingerprint density at radius 3 is 2.42 bits per heavy atom. The third-order valence-corrected chi connectivity index (χ3v) is 2.22. The molecule has 0 bridgehead atoms. The highest BCUT2D eigenvalue weighted by Crippen LogP contribution is 2.14. The molecule has 3 heteroatoms. The lowest BCUT2D eigenvalue weighted by Gasteiger charge is -2.14. The zero-order chi connectivity index (χ0) is 8.97. The summed E-state index contributed by atoms with van der Waals surface area (Å²) in [5, 5.41) is 0.0567. The van der Waals surface area contributed by atoms with E-state index in [-0.39, 0.29) is 5.24 Å². The van der Waals surface area contributed by atoms with Gasteiger partial charge in [-0.15, -0.1) is 0 Å². The number of carbonyl (C=O) groups is 1. The number of rotatable bonds is 1. The van der Waals surface area contributed by atoms with Crippen LogP contribution in [0, 0.1) is 0 Å². The minimum absolute atomic E-state index is 0.0567. The zero-order valence-electron chi connectivity index (χ0n) is 7.15. The van der Waals surface area contributed by atoms with E-state index in [1.54, 1.807) is 18.2 Å². The summed E-state index contributed by atoms with van der Waals surface area (Å²) in [6.45, 7) is 0. The van der Waals surface area contributed by atoms with Crippen molar-refractivity contribution in [3.8, 4) is 0 Å². The summed E-state index contributed by atoms with van der Waals surface area (Å²) in [5.41, 5.74) is 0.928. The molecule has 1 rings (SSSR count). The number of carbonyl (C=O) groups excluding carboxylic acids is 1. The van der Waals surface area contributed by atoms with E-state index in [2.05, 4.69) is 0 Å².